The summed E-state index contributed by atoms with van der Waals surface area (Å²) >= 11 is 5.83. The van der Waals surface area contributed by atoms with Crippen molar-refractivity contribution in [1.29, 1.82) is 0 Å². The topological polar surface area (TPSA) is 110 Å². The van der Waals surface area contributed by atoms with Gasteiger partial charge in [-0.1, -0.05) is 11.6 Å². The van der Waals surface area contributed by atoms with E-state index in [1.54, 1.807) is 6.20 Å². The van der Waals surface area contributed by atoms with E-state index in [4.69, 9.17) is 11.6 Å². The molecule has 0 aliphatic heterocycles. The van der Waals surface area contributed by atoms with Crippen molar-refractivity contribution in [2.75, 3.05) is 5.32 Å². The second-order valence-corrected chi connectivity index (χ2v) is 5.48. The summed E-state index contributed by atoms with van der Waals surface area (Å²) in [5.41, 5.74) is 0.208. The Morgan fingerprint density at radius 1 is 1.28 bits per heavy atom. The first-order valence-electron chi connectivity index (χ1n) is 7.02. The smallest absolute Gasteiger partial charge is 0.294 e. The number of hydrogen-bond acceptors (Lipinski definition) is 5. The minimum absolute atomic E-state index is 0.0648. The largest absolute Gasteiger partial charge is 0.506 e. The Labute approximate surface area is 146 Å². The number of aromatic hydroxyl groups is 1. The molecule has 3 rings (SSSR count). The molecule has 0 aliphatic carbocycles. The number of phenolic OH excluding ortho intramolecular Hbond substituents is 1. The molecule has 0 bridgehead atoms. The lowest BCUT2D eigenvalue weighted by Gasteiger charge is -2.09. The van der Waals surface area contributed by atoms with Crippen LogP contribution in [0.25, 0.3) is 5.69 Å². The number of imidazole rings is 1. The fourth-order valence-electron chi connectivity index (χ4n) is 2.23. The molecule has 0 aliphatic rings. The number of nitrogens with zero attached hydrogens (tertiary/aromatic N) is 3. The molecule has 8 nitrogen and oxygen atoms in total. The maximum Gasteiger partial charge on any atom is 0.294 e. The number of nitro groups is 1. The zero-order valence-corrected chi connectivity index (χ0v) is 13.3. The SMILES string of the molecule is O=C(Nc1cc(Cl)ccc1O)c1ccc(-n2ccnc2)c([N+](=O)[O-])c1. The lowest BCUT2D eigenvalue weighted by atomic mass is 10.1. The third-order valence-electron chi connectivity index (χ3n) is 3.42. The van der Waals surface area contributed by atoms with E-state index >= 15 is 0 Å². The van der Waals surface area contributed by atoms with Gasteiger partial charge in [-0.25, -0.2) is 4.98 Å². The molecule has 3 aromatic rings. The summed E-state index contributed by atoms with van der Waals surface area (Å²) in [5.74, 6) is -0.778. The van der Waals surface area contributed by atoms with Crippen LogP contribution in [0.3, 0.4) is 0 Å². The Kier molecular flexibility index (Phi) is 4.36. The Hall–Kier alpha value is -3.39. The standard InChI is InChI=1S/C16H11ClN4O4/c17-11-2-4-15(22)12(8-11)19-16(23)10-1-3-13(14(7-10)21(24)25)20-6-5-18-9-20/h1-9,22H,(H,19,23). The van der Waals surface area contributed by atoms with Crippen molar-refractivity contribution in [3.05, 3.63) is 75.8 Å². The fourth-order valence-corrected chi connectivity index (χ4v) is 2.41. The van der Waals surface area contributed by atoms with Gasteiger partial charge in [0, 0.05) is 29.0 Å². The van der Waals surface area contributed by atoms with Gasteiger partial charge >= 0.3 is 0 Å². The van der Waals surface area contributed by atoms with Crippen LogP contribution in [0.1, 0.15) is 10.4 Å². The number of nitrogens with one attached hydrogen (secondary N) is 1. The highest BCUT2D eigenvalue weighted by Crippen LogP contribution is 2.28. The lowest BCUT2D eigenvalue weighted by molar-refractivity contribution is -0.384. The highest BCUT2D eigenvalue weighted by molar-refractivity contribution is 6.31. The molecule has 1 amide bonds. The molecule has 0 unspecified atom stereocenters. The molecule has 126 valence electrons. The minimum atomic E-state index is -0.613. The second-order valence-electron chi connectivity index (χ2n) is 5.05. The van der Waals surface area contributed by atoms with Crippen molar-refractivity contribution < 1.29 is 14.8 Å². The number of amides is 1. The van der Waals surface area contributed by atoms with Crippen LogP contribution in [0, 0.1) is 10.1 Å². The molecule has 0 saturated heterocycles. The van der Waals surface area contributed by atoms with Crippen molar-refractivity contribution in [3.63, 3.8) is 0 Å². The van der Waals surface area contributed by atoms with Crippen molar-refractivity contribution in [2.45, 2.75) is 0 Å². The van der Waals surface area contributed by atoms with Gasteiger partial charge in [-0.15, -0.1) is 0 Å². The second kappa shape index (κ2) is 6.62. The zero-order valence-electron chi connectivity index (χ0n) is 12.6. The van der Waals surface area contributed by atoms with Crippen LogP contribution >= 0.6 is 11.6 Å². The van der Waals surface area contributed by atoms with E-state index in [-0.39, 0.29) is 28.4 Å². The van der Waals surface area contributed by atoms with Gasteiger partial charge in [-0.2, -0.15) is 0 Å². The van der Waals surface area contributed by atoms with Gasteiger partial charge in [0.2, 0.25) is 0 Å². The number of anilines is 1. The van der Waals surface area contributed by atoms with Gasteiger partial charge in [0.05, 0.1) is 16.9 Å². The monoisotopic (exact) mass is 358 g/mol. The maximum absolute atomic E-state index is 12.3. The Balaban J connectivity index is 1.95. The Bertz CT molecular complexity index is 957. The number of hydrogen-bond donors (Lipinski definition) is 2. The summed E-state index contributed by atoms with van der Waals surface area (Å²) in [7, 11) is 0. The lowest BCUT2D eigenvalue weighted by Crippen LogP contribution is -2.13. The van der Waals surface area contributed by atoms with Crippen molar-refractivity contribution >= 4 is 28.9 Å². The van der Waals surface area contributed by atoms with E-state index in [0.717, 1.165) is 6.07 Å². The predicted octanol–water partition coefficient (Wildman–Crippen LogP) is 3.39. The zero-order chi connectivity index (χ0) is 18.0. The molecule has 0 saturated carbocycles. The molecule has 25 heavy (non-hydrogen) atoms. The first kappa shape index (κ1) is 16.5. The van der Waals surface area contributed by atoms with Crippen LogP contribution in [0.15, 0.2) is 55.1 Å². The summed E-state index contributed by atoms with van der Waals surface area (Å²) in [6.07, 6.45) is 4.48. The highest BCUT2D eigenvalue weighted by atomic mass is 35.5. The number of phenols is 1. The van der Waals surface area contributed by atoms with Gasteiger partial charge in [0.1, 0.15) is 11.4 Å². The molecular weight excluding hydrogens is 348 g/mol. The van der Waals surface area contributed by atoms with E-state index in [2.05, 4.69) is 10.3 Å². The Morgan fingerprint density at radius 2 is 2.08 bits per heavy atom. The predicted molar refractivity (Wildman–Crippen MR) is 91.3 cm³/mol. The first-order chi connectivity index (χ1) is 12.0. The normalized spacial score (nSPS) is 10.4. The van der Waals surface area contributed by atoms with Gasteiger partial charge < -0.3 is 15.0 Å². The highest BCUT2D eigenvalue weighted by Gasteiger charge is 2.19. The number of carbonyl (C=O) groups is 1. The molecule has 1 heterocycles. The molecule has 2 N–H and O–H groups in total. The number of halogens is 1. The van der Waals surface area contributed by atoms with Gasteiger partial charge in [0.25, 0.3) is 11.6 Å². The summed E-state index contributed by atoms with van der Waals surface area (Å²) in [5, 5.41) is 23.9. The summed E-state index contributed by atoms with van der Waals surface area (Å²) < 4.78 is 1.47. The summed E-state index contributed by atoms with van der Waals surface area (Å²) in [6, 6.07) is 8.24. The average molecular weight is 359 g/mol. The molecular formula is C16H11ClN4O4. The molecule has 0 fully saturated rings. The quantitative estimate of drug-likeness (QED) is 0.422. The molecule has 0 atom stereocenters. The number of nitro benzene ring substituents is 1. The fraction of sp³-hybridized carbons (Fsp3) is 0. The first-order valence-corrected chi connectivity index (χ1v) is 7.40. The number of rotatable bonds is 4. The van der Waals surface area contributed by atoms with Crippen LogP contribution in [-0.4, -0.2) is 25.5 Å². The Morgan fingerprint density at radius 3 is 2.76 bits per heavy atom. The van der Waals surface area contributed by atoms with E-state index in [1.807, 2.05) is 0 Å². The van der Waals surface area contributed by atoms with E-state index < -0.39 is 10.8 Å². The number of benzene rings is 2. The van der Waals surface area contributed by atoms with Crippen molar-refractivity contribution in [1.82, 2.24) is 9.55 Å². The van der Waals surface area contributed by atoms with Crippen LogP contribution in [0.2, 0.25) is 5.02 Å². The third-order valence-corrected chi connectivity index (χ3v) is 3.66. The van der Waals surface area contributed by atoms with Crippen LogP contribution < -0.4 is 5.32 Å². The molecule has 9 heteroatoms. The van der Waals surface area contributed by atoms with Gasteiger partial charge in [-0.3, -0.25) is 14.9 Å². The summed E-state index contributed by atoms with van der Waals surface area (Å²) in [6.45, 7) is 0. The van der Waals surface area contributed by atoms with Gasteiger partial charge in [-0.05, 0) is 30.3 Å². The molecule has 0 radical (unpaired) electrons. The number of carbonyl (C=O) groups excluding carboxylic acids is 1. The van der Waals surface area contributed by atoms with Crippen LogP contribution in [0.5, 0.6) is 5.75 Å². The van der Waals surface area contributed by atoms with E-state index in [0.29, 0.717) is 5.02 Å². The van der Waals surface area contributed by atoms with Gasteiger partial charge in [0.15, 0.2) is 0 Å². The van der Waals surface area contributed by atoms with Crippen LogP contribution in [0.4, 0.5) is 11.4 Å². The molecule has 2 aromatic carbocycles. The van der Waals surface area contributed by atoms with Crippen molar-refractivity contribution in [2.24, 2.45) is 0 Å². The third kappa shape index (κ3) is 3.43. The molecule has 0 spiro atoms. The minimum Gasteiger partial charge on any atom is -0.506 e. The van der Waals surface area contributed by atoms with Crippen LogP contribution in [-0.2, 0) is 0 Å². The number of aromatic nitrogens is 2. The van der Waals surface area contributed by atoms with Crippen molar-refractivity contribution in [3.8, 4) is 11.4 Å². The van der Waals surface area contributed by atoms with E-state index in [1.165, 1.54) is 47.4 Å². The van der Waals surface area contributed by atoms with E-state index in [9.17, 15) is 20.0 Å². The average Bonchev–Trinajstić information content (AvgIpc) is 3.12. The summed E-state index contributed by atoms with van der Waals surface area (Å²) in [4.78, 5) is 26.9. The maximum atomic E-state index is 12.3. The molecule has 1 aromatic heterocycles.